The number of rotatable bonds is 5. The number of hydrogen-bond acceptors (Lipinski definition) is 5. The third-order valence-electron chi connectivity index (χ3n) is 3.71. The summed E-state index contributed by atoms with van der Waals surface area (Å²) in [5, 5.41) is 5.43. The number of hydrazine groups is 1. The predicted molar refractivity (Wildman–Crippen MR) is 108 cm³/mol. The van der Waals surface area contributed by atoms with Gasteiger partial charge >= 0.3 is 6.03 Å². The number of aryl methyl sites for hydroxylation is 2. The highest BCUT2D eigenvalue weighted by molar-refractivity contribution is 6.00. The van der Waals surface area contributed by atoms with Crippen molar-refractivity contribution in [3.05, 3.63) is 77.6 Å². The van der Waals surface area contributed by atoms with Gasteiger partial charge in [0.25, 0.3) is 5.91 Å². The van der Waals surface area contributed by atoms with Crippen molar-refractivity contribution in [2.45, 2.75) is 13.8 Å². The number of aromatic nitrogens is 2. The lowest BCUT2D eigenvalue weighted by Gasteiger charge is -2.10. The number of para-hydroxylation sites is 1. The third kappa shape index (κ3) is 5.28. The van der Waals surface area contributed by atoms with Crippen molar-refractivity contribution >= 4 is 29.3 Å². The molecule has 1 heterocycles. The maximum atomic E-state index is 12.2. The van der Waals surface area contributed by atoms with Gasteiger partial charge in [-0.1, -0.05) is 18.2 Å². The van der Waals surface area contributed by atoms with Gasteiger partial charge in [-0.15, -0.1) is 0 Å². The fourth-order valence-electron chi connectivity index (χ4n) is 2.49. The van der Waals surface area contributed by atoms with E-state index in [1.165, 1.54) is 0 Å². The van der Waals surface area contributed by atoms with E-state index in [0.717, 1.165) is 11.4 Å². The smallest absolute Gasteiger partial charge is 0.308 e. The first-order valence-corrected chi connectivity index (χ1v) is 8.61. The molecule has 0 atom stereocenters. The fraction of sp³-hybridized carbons (Fsp3) is 0.100. The third-order valence-corrected chi connectivity index (χ3v) is 3.71. The first-order valence-electron chi connectivity index (χ1n) is 8.61. The molecule has 0 aliphatic rings. The molecule has 0 bridgehead atoms. The molecule has 8 heteroatoms. The van der Waals surface area contributed by atoms with Crippen LogP contribution in [0.3, 0.4) is 0 Å². The molecule has 0 fully saturated rings. The first-order chi connectivity index (χ1) is 13.5. The number of carbonyl (C=O) groups excluding carboxylic acids is 2. The highest BCUT2D eigenvalue weighted by atomic mass is 16.2. The average Bonchev–Trinajstić information content (AvgIpc) is 2.66. The Bertz CT molecular complexity index is 953. The van der Waals surface area contributed by atoms with Gasteiger partial charge in [-0.05, 0) is 56.3 Å². The second-order valence-electron chi connectivity index (χ2n) is 6.08. The van der Waals surface area contributed by atoms with E-state index in [1.54, 1.807) is 36.4 Å². The highest BCUT2D eigenvalue weighted by Crippen LogP contribution is 2.11. The van der Waals surface area contributed by atoms with Gasteiger partial charge in [-0.25, -0.2) is 14.8 Å². The monoisotopic (exact) mass is 376 g/mol. The van der Waals surface area contributed by atoms with Crippen molar-refractivity contribution in [3.8, 4) is 0 Å². The van der Waals surface area contributed by atoms with Crippen LogP contribution in [0.2, 0.25) is 0 Å². The first kappa shape index (κ1) is 18.8. The van der Waals surface area contributed by atoms with Crippen LogP contribution >= 0.6 is 0 Å². The zero-order valence-corrected chi connectivity index (χ0v) is 15.5. The van der Waals surface area contributed by atoms with Crippen molar-refractivity contribution in [3.63, 3.8) is 0 Å². The standard InChI is InChI=1S/C20H20N6O2/c1-13-12-14(2)22-19(21-13)26-25-18(27)15-8-10-17(11-9-15)24-20(28)23-16-6-4-3-5-7-16/h3-12H,1-2H3,(H,25,27)(H,21,22,26)(H2,23,24,28). The van der Waals surface area contributed by atoms with Crippen LogP contribution in [-0.2, 0) is 0 Å². The van der Waals surface area contributed by atoms with Crippen molar-refractivity contribution in [2.75, 3.05) is 16.1 Å². The molecule has 8 nitrogen and oxygen atoms in total. The molecule has 0 aliphatic carbocycles. The van der Waals surface area contributed by atoms with Gasteiger partial charge in [0.2, 0.25) is 5.95 Å². The maximum Gasteiger partial charge on any atom is 0.323 e. The van der Waals surface area contributed by atoms with Gasteiger partial charge in [0, 0.05) is 28.3 Å². The molecule has 3 aromatic rings. The Labute approximate surface area is 162 Å². The fourth-order valence-corrected chi connectivity index (χ4v) is 2.49. The number of urea groups is 1. The molecular formula is C20H20N6O2. The summed E-state index contributed by atoms with van der Waals surface area (Å²) < 4.78 is 0. The SMILES string of the molecule is Cc1cc(C)nc(NNC(=O)c2ccc(NC(=O)Nc3ccccc3)cc2)n1. The lowest BCUT2D eigenvalue weighted by atomic mass is 10.2. The molecule has 28 heavy (non-hydrogen) atoms. The number of benzene rings is 2. The predicted octanol–water partition coefficient (Wildman–Crippen LogP) is 3.49. The van der Waals surface area contributed by atoms with Crippen LogP contribution < -0.4 is 21.5 Å². The Balaban J connectivity index is 1.54. The zero-order valence-electron chi connectivity index (χ0n) is 15.5. The maximum absolute atomic E-state index is 12.2. The summed E-state index contributed by atoms with van der Waals surface area (Å²) in [4.78, 5) is 32.6. The lowest BCUT2D eigenvalue weighted by molar-refractivity contribution is 0.0962. The van der Waals surface area contributed by atoms with Gasteiger partial charge in [0.05, 0.1) is 0 Å². The lowest BCUT2D eigenvalue weighted by Crippen LogP contribution is -2.30. The molecular weight excluding hydrogens is 356 g/mol. The molecule has 0 spiro atoms. The van der Waals surface area contributed by atoms with Crippen LogP contribution in [0.1, 0.15) is 21.7 Å². The molecule has 0 unspecified atom stereocenters. The van der Waals surface area contributed by atoms with Gasteiger partial charge in [0.15, 0.2) is 0 Å². The van der Waals surface area contributed by atoms with Crippen LogP contribution in [0.5, 0.6) is 0 Å². The summed E-state index contributed by atoms with van der Waals surface area (Å²) in [6, 6.07) is 17.1. The quantitative estimate of drug-likeness (QED) is 0.510. The van der Waals surface area contributed by atoms with Crippen LogP contribution in [0.15, 0.2) is 60.7 Å². The summed E-state index contributed by atoms with van der Waals surface area (Å²) in [5.74, 6) is -0.0234. The van der Waals surface area contributed by atoms with Crippen LogP contribution in [0.4, 0.5) is 22.1 Å². The molecule has 2 aromatic carbocycles. The Morgan fingerprint density at radius 2 is 1.36 bits per heavy atom. The summed E-state index contributed by atoms with van der Waals surface area (Å²) in [7, 11) is 0. The minimum absolute atomic E-state index is 0.321. The Morgan fingerprint density at radius 1 is 0.786 bits per heavy atom. The summed E-state index contributed by atoms with van der Waals surface area (Å²) in [6.45, 7) is 3.70. The number of amides is 3. The normalized spacial score (nSPS) is 10.1. The minimum atomic E-state index is -0.364. The van der Waals surface area contributed by atoms with E-state index in [9.17, 15) is 9.59 Å². The van der Waals surface area contributed by atoms with E-state index >= 15 is 0 Å². The number of anilines is 3. The van der Waals surface area contributed by atoms with Crippen molar-refractivity contribution in [1.82, 2.24) is 15.4 Å². The molecule has 0 saturated heterocycles. The molecule has 3 rings (SSSR count). The molecule has 3 amide bonds. The van der Waals surface area contributed by atoms with Crippen molar-refractivity contribution in [2.24, 2.45) is 0 Å². The van der Waals surface area contributed by atoms with Crippen molar-refractivity contribution < 1.29 is 9.59 Å². The molecule has 0 aliphatic heterocycles. The number of nitrogens with zero attached hydrogens (tertiary/aromatic N) is 2. The Kier molecular flexibility index (Phi) is 5.81. The number of carbonyl (C=O) groups is 2. The van der Waals surface area contributed by atoms with E-state index in [1.807, 2.05) is 38.1 Å². The summed E-state index contributed by atoms with van der Waals surface area (Å²) in [5.41, 5.74) is 8.52. The summed E-state index contributed by atoms with van der Waals surface area (Å²) in [6.07, 6.45) is 0. The molecule has 1 aromatic heterocycles. The largest absolute Gasteiger partial charge is 0.323 e. The summed E-state index contributed by atoms with van der Waals surface area (Å²) >= 11 is 0. The van der Waals surface area contributed by atoms with Crippen molar-refractivity contribution in [1.29, 1.82) is 0 Å². The number of hydrogen-bond donors (Lipinski definition) is 4. The van der Waals surface area contributed by atoms with Crippen LogP contribution in [-0.4, -0.2) is 21.9 Å². The van der Waals surface area contributed by atoms with E-state index in [0.29, 0.717) is 22.9 Å². The Morgan fingerprint density at radius 3 is 1.96 bits per heavy atom. The van der Waals surface area contributed by atoms with Gasteiger partial charge < -0.3 is 10.6 Å². The zero-order chi connectivity index (χ0) is 19.9. The molecule has 0 radical (unpaired) electrons. The molecule has 4 N–H and O–H groups in total. The highest BCUT2D eigenvalue weighted by Gasteiger charge is 2.08. The van der Waals surface area contributed by atoms with E-state index in [-0.39, 0.29) is 11.9 Å². The van der Waals surface area contributed by atoms with E-state index < -0.39 is 0 Å². The second kappa shape index (κ2) is 8.63. The van der Waals surface area contributed by atoms with Gasteiger partial charge in [-0.3, -0.25) is 15.6 Å². The van der Waals surface area contributed by atoms with E-state index in [4.69, 9.17) is 0 Å². The topological polar surface area (TPSA) is 108 Å². The van der Waals surface area contributed by atoms with E-state index in [2.05, 4.69) is 31.5 Å². The van der Waals surface area contributed by atoms with Gasteiger partial charge in [-0.2, -0.15) is 0 Å². The molecule has 142 valence electrons. The minimum Gasteiger partial charge on any atom is -0.308 e. The Hall–Kier alpha value is -3.94. The van der Waals surface area contributed by atoms with Crippen LogP contribution in [0.25, 0.3) is 0 Å². The number of nitrogens with one attached hydrogen (secondary N) is 4. The average molecular weight is 376 g/mol. The second-order valence-corrected chi connectivity index (χ2v) is 6.08. The van der Waals surface area contributed by atoms with Crippen LogP contribution in [0, 0.1) is 13.8 Å². The van der Waals surface area contributed by atoms with Gasteiger partial charge in [0.1, 0.15) is 0 Å². The molecule has 0 saturated carbocycles.